The van der Waals surface area contributed by atoms with Crippen molar-refractivity contribution in [1.82, 2.24) is 10.2 Å². The maximum atomic E-state index is 12.6. The first-order chi connectivity index (χ1) is 15.0. The van der Waals surface area contributed by atoms with E-state index in [1.54, 1.807) is 36.4 Å². The molecule has 7 nitrogen and oxygen atoms in total. The molecule has 9 heteroatoms. The van der Waals surface area contributed by atoms with E-state index in [-0.39, 0.29) is 17.7 Å². The second-order valence-electron chi connectivity index (χ2n) is 7.31. The van der Waals surface area contributed by atoms with Gasteiger partial charge in [-0.2, -0.15) is 5.26 Å². The number of amides is 2. The summed E-state index contributed by atoms with van der Waals surface area (Å²) in [6, 6.07) is 16.3. The number of thioether (sulfide) groups is 1. The van der Waals surface area contributed by atoms with Crippen molar-refractivity contribution in [1.29, 1.82) is 5.26 Å². The quantitative estimate of drug-likeness (QED) is 0.405. The van der Waals surface area contributed by atoms with E-state index in [9.17, 15) is 9.59 Å². The number of nitriles is 1. The number of carbonyl (C=O) groups is 2. The summed E-state index contributed by atoms with van der Waals surface area (Å²) in [6.07, 6.45) is 0.911. The van der Waals surface area contributed by atoms with E-state index in [0.717, 1.165) is 16.3 Å². The van der Waals surface area contributed by atoms with Gasteiger partial charge in [0.25, 0.3) is 5.91 Å². The highest BCUT2D eigenvalue weighted by atomic mass is 32.2. The molecule has 31 heavy (non-hydrogen) atoms. The lowest BCUT2D eigenvalue weighted by atomic mass is 10.2. The molecule has 0 aliphatic heterocycles. The monoisotopic (exact) mass is 449 g/mol. The molecule has 1 aromatic heterocycles. The van der Waals surface area contributed by atoms with Gasteiger partial charge in [-0.3, -0.25) is 14.9 Å². The Morgan fingerprint density at radius 3 is 2.68 bits per heavy atom. The zero-order valence-corrected chi connectivity index (χ0v) is 18.3. The van der Waals surface area contributed by atoms with E-state index < -0.39 is 0 Å². The van der Waals surface area contributed by atoms with Crippen molar-refractivity contribution in [3.8, 4) is 6.07 Å². The third kappa shape index (κ3) is 5.48. The van der Waals surface area contributed by atoms with Gasteiger partial charge in [-0.05, 0) is 48.2 Å². The lowest BCUT2D eigenvalue weighted by Crippen LogP contribution is -2.16. The molecule has 1 heterocycles. The number of nitrogens with zero attached hydrogens (tertiary/aromatic N) is 3. The molecule has 1 fully saturated rings. The Morgan fingerprint density at radius 2 is 1.97 bits per heavy atom. The summed E-state index contributed by atoms with van der Waals surface area (Å²) in [5.41, 5.74) is 2.74. The minimum atomic E-state index is -0.310. The Labute approximate surface area is 187 Å². The molecule has 4 rings (SSSR count). The van der Waals surface area contributed by atoms with Crippen molar-refractivity contribution in [2.24, 2.45) is 11.8 Å². The van der Waals surface area contributed by atoms with E-state index in [0.29, 0.717) is 33.6 Å². The van der Waals surface area contributed by atoms with Crippen LogP contribution in [0.15, 0.2) is 52.9 Å². The Hall–Kier alpha value is -3.22. The molecule has 0 spiro atoms. The summed E-state index contributed by atoms with van der Waals surface area (Å²) >= 11 is 2.81. The Morgan fingerprint density at radius 1 is 1.19 bits per heavy atom. The van der Waals surface area contributed by atoms with Crippen molar-refractivity contribution >= 4 is 45.7 Å². The smallest absolute Gasteiger partial charge is 0.257 e. The number of anilines is 2. The third-order valence-corrected chi connectivity index (χ3v) is 6.95. The molecule has 2 amide bonds. The van der Waals surface area contributed by atoms with Gasteiger partial charge in [0.15, 0.2) is 4.34 Å². The fourth-order valence-electron chi connectivity index (χ4n) is 2.97. The SMILES string of the molecule is CC1CC1C(=O)Nc1cccc(C(=O)Nc2nnc(SCc3ccc(C#N)cc3)s2)c1. The summed E-state index contributed by atoms with van der Waals surface area (Å²) < 4.78 is 0.735. The number of rotatable bonds is 7. The van der Waals surface area contributed by atoms with E-state index in [1.165, 1.54) is 23.1 Å². The van der Waals surface area contributed by atoms with Crippen LogP contribution in [-0.4, -0.2) is 22.0 Å². The van der Waals surface area contributed by atoms with Crippen LogP contribution in [0.2, 0.25) is 0 Å². The van der Waals surface area contributed by atoms with Crippen molar-refractivity contribution < 1.29 is 9.59 Å². The first kappa shape index (κ1) is 21.0. The molecule has 0 saturated heterocycles. The van der Waals surface area contributed by atoms with Gasteiger partial charge >= 0.3 is 0 Å². The largest absolute Gasteiger partial charge is 0.326 e. The van der Waals surface area contributed by atoms with Crippen molar-refractivity contribution in [3.63, 3.8) is 0 Å². The van der Waals surface area contributed by atoms with Crippen LogP contribution in [-0.2, 0) is 10.5 Å². The van der Waals surface area contributed by atoms with Gasteiger partial charge in [-0.1, -0.05) is 48.2 Å². The van der Waals surface area contributed by atoms with Gasteiger partial charge in [-0.25, -0.2) is 0 Å². The van der Waals surface area contributed by atoms with Crippen molar-refractivity contribution in [2.45, 2.75) is 23.4 Å². The van der Waals surface area contributed by atoms with Gasteiger partial charge < -0.3 is 5.32 Å². The van der Waals surface area contributed by atoms with Crippen LogP contribution in [0, 0.1) is 23.2 Å². The first-order valence-corrected chi connectivity index (χ1v) is 11.5. The second-order valence-corrected chi connectivity index (χ2v) is 9.51. The molecular weight excluding hydrogens is 430 g/mol. The highest BCUT2D eigenvalue weighted by Gasteiger charge is 2.39. The van der Waals surface area contributed by atoms with Gasteiger partial charge in [0.05, 0.1) is 11.6 Å². The highest BCUT2D eigenvalue weighted by molar-refractivity contribution is 8.00. The van der Waals surface area contributed by atoms with E-state index in [2.05, 4.69) is 26.9 Å². The Kier molecular flexibility index (Phi) is 6.30. The molecule has 2 atom stereocenters. The highest BCUT2D eigenvalue weighted by Crippen LogP contribution is 2.38. The molecule has 1 saturated carbocycles. The summed E-state index contributed by atoms with van der Waals surface area (Å²) in [5, 5.41) is 23.0. The minimum Gasteiger partial charge on any atom is -0.326 e. The van der Waals surface area contributed by atoms with Gasteiger partial charge in [0.2, 0.25) is 11.0 Å². The summed E-state index contributed by atoms with van der Waals surface area (Å²) in [4.78, 5) is 24.7. The molecule has 0 radical (unpaired) electrons. The van der Waals surface area contributed by atoms with Crippen LogP contribution in [0.25, 0.3) is 0 Å². The minimum absolute atomic E-state index is 0.00175. The van der Waals surface area contributed by atoms with Crippen molar-refractivity contribution in [2.75, 3.05) is 10.6 Å². The van der Waals surface area contributed by atoms with Crippen LogP contribution < -0.4 is 10.6 Å². The molecule has 156 valence electrons. The predicted octanol–water partition coefficient (Wildman–Crippen LogP) is 4.55. The maximum Gasteiger partial charge on any atom is 0.257 e. The van der Waals surface area contributed by atoms with Crippen LogP contribution in [0.3, 0.4) is 0 Å². The lowest BCUT2D eigenvalue weighted by Gasteiger charge is -2.07. The summed E-state index contributed by atoms with van der Waals surface area (Å²) in [6.45, 7) is 2.05. The van der Waals surface area contributed by atoms with Gasteiger partial charge in [-0.15, -0.1) is 10.2 Å². The first-order valence-electron chi connectivity index (χ1n) is 9.69. The molecule has 2 aromatic carbocycles. The fraction of sp³-hybridized carbons (Fsp3) is 0.227. The molecule has 3 aromatic rings. The van der Waals surface area contributed by atoms with Crippen molar-refractivity contribution in [3.05, 3.63) is 65.2 Å². The Balaban J connectivity index is 1.32. The standard InChI is InChI=1S/C22H19N5O2S2/c1-13-9-18(13)20(29)24-17-4-2-3-16(10-17)19(28)25-21-26-27-22(31-21)30-12-15-7-5-14(11-23)6-8-15/h2-8,10,13,18H,9,12H2,1H3,(H,24,29)(H,25,26,28). The summed E-state index contributed by atoms with van der Waals surface area (Å²) in [7, 11) is 0. The molecular formula is C22H19N5O2S2. The molecule has 1 aliphatic rings. The van der Waals surface area contributed by atoms with E-state index in [4.69, 9.17) is 5.26 Å². The van der Waals surface area contributed by atoms with Gasteiger partial charge in [0, 0.05) is 22.9 Å². The zero-order valence-electron chi connectivity index (χ0n) is 16.7. The fourth-order valence-corrected chi connectivity index (χ4v) is 4.67. The van der Waals surface area contributed by atoms with E-state index in [1.807, 2.05) is 19.1 Å². The number of nitrogens with one attached hydrogen (secondary N) is 2. The third-order valence-electron chi connectivity index (χ3n) is 4.91. The number of hydrogen-bond donors (Lipinski definition) is 2. The molecule has 2 unspecified atom stereocenters. The van der Waals surface area contributed by atoms with Gasteiger partial charge in [0.1, 0.15) is 0 Å². The lowest BCUT2D eigenvalue weighted by molar-refractivity contribution is -0.117. The van der Waals surface area contributed by atoms with Crippen LogP contribution in [0.5, 0.6) is 0 Å². The molecule has 0 bridgehead atoms. The average molecular weight is 450 g/mol. The van der Waals surface area contributed by atoms with E-state index >= 15 is 0 Å². The van der Waals surface area contributed by atoms with Crippen LogP contribution >= 0.6 is 23.1 Å². The number of benzene rings is 2. The van der Waals surface area contributed by atoms with Crippen LogP contribution in [0.1, 0.15) is 34.8 Å². The number of aromatic nitrogens is 2. The summed E-state index contributed by atoms with van der Waals surface area (Å²) in [5.74, 6) is 0.871. The molecule has 1 aliphatic carbocycles. The number of hydrogen-bond acceptors (Lipinski definition) is 7. The topological polar surface area (TPSA) is 108 Å². The Bertz CT molecular complexity index is 1150. The zero-order chi connectivity index (χ0) is 21.8. The average Bonchev–Trinajstić information content (AvgIpc) is 3.36. The van der Waals surface area contributed by atoms with Crippen LogP contribution in [0.4, 0.5) is 10.8 Å². The second kappa shape index (κ2) is 9.29. The maximum absolute atomic E-state index is 12.6. The molecule has 2 N–H and O–H groups in total. The normalized spacial score (nSPS) is 16.9. The number of carbonyl (C=O) groups excluding carboxylic acids is 2. The predicted molar refractivity (Wildman–Crippen MR) is 121 cm³/mol.